The van der Waals surface area contributed by atoms with Crippen LogP contribution in [-0.2, 0) is 0 Å². The number of hydrogen-bond acceptors (Lipinski definition) is 3. The van der Waals surface area contributed by atoms with Crippen LogP contribution in [0.15, 0.2) is 23.4 Å². The molecule has 0 heterocycles. The minimum absolute atomic E-state index is 0.247. The number of nitrogens with two attached hydrogens (primary N) is 1. The van der Waals surface area contributed by atoms with Gasteiger partial charge in [-0.05, 0) is 31.4 Å². The normalized spacial score (nSPS) is 12.5. The highest BCUT2D eigenvalue weighted by atomic mass is 35.5. The Morgan fingerprint density at radius 3 is 2.70 bits per heavy atom. The fourth-order valence-corrected chi connectivity index (χ4v) is 2.06. The number of hydrogen-bond donors (Lipinski definition) is 2. The van der Waals surface area contributed by atoms with Crippen molar-refractivity contribution < 1.29 is 9.94 Å². The lowest BCUT2D eigenvalue weighted by atomic mass is 9.86. The molecule has 112 valence electrons. The first-order valence-corrected chi connectivity index (χ1v) is 7.19. The van der Waals surface area contributed by atoms with Crippen molar-refractivity contribution in [3.8, 4) is 5.75 Å². The average molecular weight is 319 g/mol. The second-order valence-electron chi connectivity index (χ2n) is 5.23. The molecule has 0 unspecified atom stereocenters. The number of amidine groups is 1. The van der Waals surface area contributed by atoms with Crippen LogP contribution in [0.1, 0.15) is 33.1 Å². The summed E-state index contributed by atoms with van der Waals surface area (Å²) in [7, 11) is 0. The molecule has 0 aromatic heterocycles. The van der Waals surface area contributed by atoms with Gasteiger partial charge < -0.3 is 15.7 Å². The molecule has 1 aromatic carbocycles. The summed E-state index contributed by atoms with van der Waals surface area (Å²) in [6.45, 7) is 4.43. The van der Waals surface area contributed by atoms with Crippen LogP contribution in [0.2, 0.25) is 10.0 Å². The molecule has 1 aromatic rings. The second kappa shape index (κ2) is 7.60. The third kappa shape index (κ3) is 4.76. The Kier molecular flexibility index (Phi) is 6.43. The van der Waals surface area contributed by atoms with Gasteiger partial charge in [-0.2, -0.15) is 0 Å². The quantitative estimate of drug-likeness (QED) is 0.259. The summed E-state index contributed by atoms with van der Waals surface area (Å²) in [6, 6.07) is 5.30. The Bertz CT molecular complexity index is 476. The van der Waals surface area contributed by atoms with Crippen LogP contribution in [0.3, 0.4) is 0 Å². The van der Waals surface area contributed by atoms with E-state index >= 15 is 0 Å². The van der Waals surface area contributed by atoms with Gasteiger partial charge in [0.2, 0.25) is 0 Å². The molecule has 6 heteroatoms. The molecular formula is C14H20Cl2N2O2. The third-order valence-corrected chi connectivity index (χ3v) is 3.97. The fraction of sp³-hybridized carbons (Fsp3) is 0.500. The van der Waals surface area contributed by atoms with Gasteiger partial charge in [-0.15, -0.1) is 0 Å². The van der Waals surface area contributed by atoms with Gasteiger partial charge in [0.05, 0.1) is 11.6 Å². The molecule has 20 heavy (non-hydrogen) atoms. The maximum atomic E-state index is 8.69. The molecule has 1 rings (SSSR count). The van der Waals surface area contributed by atoms with Crippen LogP contribution in [-0.4, -0.2) is 17.6 Å². The lowest BCUT2D eigenvalue weighted by Gasteiger charge is -2.22. The molecule has 0 saturated carbocycles. The maximum Gasteiger partial charge on any atom is 0.144 e. The van der Waals surface area contributed by atoms with E-state index in [9.17, 15) is 0 Å². The molecule has 0 aliphatic rings. The molecular weight excluding hydrogens is 299 g/mol. The Balaban J connectivity index is 2.34. The largest absolute Gasteiger partial charge is 0.492 e. The first kappa shape index (κ1) is 16.9. The van der Waals surface area contributed by atoms with E-state index in [-0.39, 0.29) is 11.3 Å². The van der Waals surface area contributed by atoms with E-state index in [1.165, 1.54) is 0 Å². The van der Waals surface area contributed by atoms with E-state index < -0.39 is 0 Å². The molecule has 0 saturated heterocycles. The van der Waals surface area contributed by atoms with Crippen molar-refractivity contribution in [2.24, 2.45) is 16.3 Å². The molecule has 0 radical (unpaired) electrons. The van der Waals surface area contributed by atoms with Crippen LogP contribution >= 0.6 is 23.2 Å². The van der Waals surface area contributed by atoms with Crippen molar-refractivity contribution in [1.29, 1.82) is 0 Å². The number of ether oxygens (including phenoxy) is 1. The summed E-state index contributed by atoms with van der Waals surface area (Å²) >= 11 is 11.9. The van der Waals surface area contributed by atoms with Gasteiger partial charge in [0.1, 0.15) is 16.6 Å². The van der Waals surface area contributed by atoms with Gasteiger partial charge >= 0.3 is 0 Å². The van der Waals surface area contributed by atoms with Crippen LogP contribution in [0.5, 0.6) is 5.75 Å². The van der Waals surface area contributed by atoms with Gasteiger partial charge in [-0.3, -0.25) is 0 Å². The SMILES string of the molecule is CC(C)(CCCCOc1cccc(Cl)c1Cl)/C(N)=N/O. The Morgan fingerprint density at radius 2 is 2.05 bits per heavy atom. The van der Waals surface area contributed by atoms with Crippen molar-refractivity contribution in [3.05, 3.63) is 28.2 Å². The van der Waals surface area contributed by atoms with E-state index in [4.69, 9.17) is 38.9 Å². The van der Waals surface area contributed by atoms with Crippen molar-refractivity contribution in [3.63, 3.8) is 0 Å². The number of unbranched alkanes of at least 4 members (excludes halogenated alkanes) is 1. The number of rotatable bonds is 7. The third-order valence-electron chi connectivity index (χ3n) is 3.17. The van der Waals surface area contributed by atoms with E-state index in [1.54, 1.807) is 18.2 Å². The predicted molar refractivity (Wildman–Crippen MR) is 83.0 cm³/mol. The van der Waals surface area contributed by atoms with E-state index in [2.05, 4.69) is 5.16 Å². The summed E-state index contributed by atoms with van der Waals surface area (Å²) in [5.41, 5.74) is 5.31. The van der Waals surface area contributed by atoms with Crippen LogP contribution < -0.4 is 10.5 Å². The fourth-order valence-electron chi connectivity index (χ4n) is 1.71. The molecule has 0 aliphatic heterocycles. The maximum absolute atomic E-state index is 8.69. The standard InChI is InChI=1S/C14H20Cl2N2O2/c1-14(2,13(17)18-19)8-3-4-9-20-11-7-5-6-10(15)12(11)16/h5-7,19H,3-4,8-9H2,1-2H3,(H2,17,18). The predicted octanol–water partition coefficient (Wildman–Crippen LogP) is 4.32. The highest BCUT2D eigenvalue weighted by Crippen LogP contribution is 2.31. The molecule has 0 spiro atoms. The van der Waals surface area contributed by atoms with E-state index in [0.717, 1.165) is 19.3 Å². The van der Waals surface area contributed by atoms with Crippen LogP contribution in [0.25, 0.3) is 0 Å². The molecule has 0 aliphatic carbocycles. The van der Waals surface area contributed by atoms with Crippen LogP contribution in [0, 0.1) is 5.41 Å². The van der Waals surface area contributed by atoms with Crippen molar-refractivity contribution >= 4 is 29.0 Å². The number of benzene rings is 1. The summed E-state index contributed by atoms with van der Waals surface area (Å²) < 4.78 is 5.59. The van der Waals surface area contributed by atoms with Crippen molar-refractivity contribution in [2.45, 2.75) is 33.1 Å². The summed E-state index contributed by atoms with van der Waals surface area (Å²) in [5, 5.41) is 12.7. The van der Waals surface area contributed by atoms with Gasteiger partial charge in [0.15, 0.2) is 0 Å². The van der Waals surface area contributed by atoms with Gasteiger partial charge in [-0.1, -0.05) is 48.3 Å². The average Bonchev–Trinajstić information content (AvgIpc) is 2.41. The minimum atomic E-state index is -0.317. The smallest absolute Gasteiger partial charge is 0.144 e. The van der Waals surface area contributed by atoms with Gasteiger partial charge in [-0.25, -0.2) is 0 Å². The van der Waals surface area contributed by atoms with E-state index in [1.807, 2.05) is 13.8 Å². The zero-order chi connectivity index (χ0) is 15.2. The monoisotopic (exact) mass is 318 g/mol. The molecule has 0 amide bonds. The second-order valence-corrected chi connectivity index (χ2v) is 6.01. The van der Waals surface area contributed by atoms with Gasteiger partial charge in [0.25, 0.3) is 0 Å². The molecule has 0 bridgehead atoms. The Hall–Kier alpha value is -1.13. The highest BCUT2D eigenvalue weighted by molar-refractivity contribution is 6.42. The molecule has 0 atom stereocenters. The first-order valence-electron chi connectivity index (χ1n) is 6.43. The van der Waals surface area contributed by atoms with Crippen molar-refractivity contribution in [1.82, 2.24) is 0 Å². The van der Waals surface area contributed by atoms with Crippen LogP contribution in [0.4, 0.5) is 0 Å². The van der Waals surface area contributed by atoms with E-state index in [0.29, 0.717) is 22.4 Å². The lowest BCUT2D eigenvalue weighted by Crippen LogP contribution is -2.31. The number of nitrogens with zero attached hydrogens (tertiary/aromatic N) is 1. The zero-order valence-electron chi connectivity index (χ0n) is 11.7. The molecule has 3 N–H and O–H groups in total. The Morgan fingerprint density at radius 1 is 1.35 bits per heavy atom. The summed E-state index contributed by atoms with van der Waals surface area (Å²) in [4.78, 5) is 0. The zero-order valence-corrected chi connectivity index (χ0v) is 13.2. The molecule has 0 fully saturated rings. The van der Waals surface area contributed by atoms with Gasteiger partial charge in [0, 0.05) is 5.41 Å². The highest BCUT2D eigenvalue weighted by Gasteiger charge is 2.22. The molecule has 4 nitrogen and oxygen atoms in total. The van der Waals surface area contributed by atoms with Crippen molar-refractivity contribution in [2.75, 3.05) is 6.61 Å². The summed E-state index contributed by atoms with van der Waals surface area (Å²) in [6.07, 6.45) is 2.57. The minimum Gasteiger partial charge on any atom is -0.492 e. The topological polar surface area (TPSA) is 67.8 Å². The lowest BCUT2D eigenvalue weighted by molar-refractivity contribution is 0.288. The first-order chi connectivity index (χ1) is 9.38. The number of oxime groups is 1. The summed E-state index contributed by atoms with van der Waals surface area (Å²) in [5.74, 6) is 0.839. The Labute approximate surface area is 129 Å². The number of halogens is 2.